The number of nitrogens with zero attached hydrogens (tertiary/aromatic N) is 3. The Hall–Kier alpha value is -3.98. The van der Waals surface area contributed by atoms with Crippen LogP contribution in [0, 0.1) is 0 Å². The Balaban J connectivity index is 1.41. The number of imidazole rings is 1. The van der Waals surface area contributed by atoms with E-state index in [9.17, 15) is 0 Å². The van der Waals surface area contributed by atoms with Crippen molar-refractivity contribution in [3.05, 3.63) is 66.2 Å². The van der Waals surface area contributed by atoms with Gasteiger partial charge in [-0.25, -0.2) is 4.98 Å². The lowest BCUT2D eigenvalue weighted by Crippen LogP contribution is -1.96. The Bertz CT molecular complexity index is 1410. The van der Waals surface area contributed by atoms with Gasteiger partial charge in [-0.3, -0.25) is 0 Å². The van der Waals surface area contributed by atoms with Crippen LogP contribution in [0.4, 0.5) is 0 Å². The van der Waals surface area contributed by atoms with Gasteiger partial charge in [-0.1, -0.05) is 42.1 Å². The number of nitrogens with one attached hydrogen (secondary N) is 1. The molecule has 0 aliphatic carbocycles. The topological polar surface area (TPSA) is 95.3 Å². The van der Waals surface area contributed by atoms with Crippen molar-refractivity contribution in [3.8, 4) is 40.1 Å². The summed E-state index contributed by atoms with van der Waals surface area (Å²) in [5.74, 6) is 3.55. The van der Waals surface area contributed by atoms with Gasteiger partial charge in [-0.2, -0.15) is 0 Å². The molecule has 3 aromatic carbocycles. The zero-order chi connectivity index (χ0) is 23.5. The first-order chi connectivity index (χ1) is 16.7. The molecule has 9 heteroatoms. The quantitative estimate of drug-likeness (QED) is 0.291. The van der Waals surface area contributed by atoms with Crippen LogP contribution in [-0.4, -0.2) is 41.5 Å². The van der Waals surface area contributed by atoms with Crippen molar-refractivity contribution in [3.63, 3.8) is 0 Å². The number of fused-ring (bicyclic) bond motifs is 1. The number of hydrogen-bond acceptors (Lipinski definition) is 8. The zero-order valence-electron chi connectivity index (χ0n) is 18.9. The number of H-pyrrole nitrogens is 1. The average Bonchev–Trinajstić information content (AvgIpc) is 3.54. The SMILES string of the molecule is COc1cc(-c2nc3ccc(-c4nnc(SCc5ccccc5)o4)cc3[nH]2)cc(OC)c1OC. The van der Waals surface area contributed by atoms with Crippen molar-refractivity contribution < 1.29 is 18.6 Å². The number of thioether (sulfide) groups is 1. The molecule has 0 bridgehead atoms. The van der Waals surface area contributed by atoms with Gasteiger partial charge < -0.3 is 23.6 Å². The highest BCUT2D eigenvalue weighted by Crippen LogP contribution is 2.41. The van der Waals surface area contributed by atoms with Gasteiger partial charge in [-0.15, -0.1) is 10.2 Å². The van der Waals surface area contributed by atoms with E-state index in [0.717, 1.165) is 27.9 Å². The molecule has 0 aliphatic rings. The van der Waals surface area contributed by atoms with E-state index < -0.39 is 0 Å². The first kappa shape index (κ1) is 21.8. The highest BCUT2D eigenvalue weighted by Gasteiger charge is 2.17. The van der Waals surface area contributed by atoms with E-state index in [1.807, 2.05) is 48.5 Å². The predicted octanol–water partition coefficient (Wildman–Crippen LogP) is 5.60. The number of rotatable bonds is 8. The monoisotopic (exact) mass is 474 g/mol. The maximum atomic E-state index is 5.88. The van der Waals surface area contributed by atoms with E-state index in [4.69, 9.17) is 23.6 Å². The van der Waals surface area contributed by atoms with Crippen LogP contribution in [0.3, 0.4) is 0 Å². The van der Waals surface area contributed by atoms with Gasteiger partial charge in [0.1, 0.15) is 5.82 Å². The Kier molecular flexibility index (Phi) is 6.09. The van der Waals surface area contributed by atoms with Crippen molar-refractivity contribution >= 4 is 22.8 Å². The summed E-state index contributed by atoms with van der Waals surface area (Å²) in [6, 6.07) is 19.7. The molecule has 0 aliphatic heterocycles. The summed E-state index contributed by atoms with van der Waals surface area (Å²) in [6.07, 6.45) is 0. The van der Waals surface area contributed by atoms with Crippen molar-refractivity contribution in [2.24, 2.45) is 0 Å². The molecule has 0 radical (unpaired) electrons. The summed E-state index contributed by atoms with van der Waals surface area (Å²) in [4.78, 5) is 8.07. The molecule has 0 saturated heterocycles. The Morgan fingerprint density at radius 1 is 0.853 bits per heavy atom. The molecule has 0 unspecified atom stereocenters. The van der Waals surface area contributed by atoms with Crippen LogP contribution in [0.2, 0.25) is 0 Å². The van der Waals surface area contributed by atoms with Gasteiger partial charge in [0, 0.05) is 16.9 Å². The average molecular weight is 475 g/mol. The second-order valence-corrected chi connectivity index (χ2v) is 8.31. The predicted molar refractivity (Wildman–Crippen MR) is 130 cm³/mol. The summed E-state index contributed by atoms with van der Waals surface area (Å²) in [7, 11) is 4.75. The summed E-state index contributed by atoms with van der Waals surface area (Å²) < 4.78 is 22.2. The van der Waals surface area contributed by atoms with E-state index in [-0.39, 0.29) is 0 Å². The van der Waals surface area contributed by atoms with Gasteiger partial charge in [-0.05, 0) is 35.9 Å². The number of hydrogen-bond donors (Lipinski definition) is 1. The number of aromatic nitrogens is 4. The molecule has 5 rings (SSSR count). The molecule has 2 aromatic heterocycles. The molecule has 2 heterocycles. The fourth-order valence-electron chi connectivity index (χ4n) is 3.60. The third-order valence-corrected chi connectivity index (χ3v) is 6.17. The summed E-state index contributed by atoms with van der Waals surface area (Å²) in [5.41, 5.74) is 4.48. The second kappa shape index (κ2) is 9.48. The molecule has 5 aromatic rings. The molecule has 8 nitrogen and oxygen atoms in total. The Morgan fingerprint density at radius 2 is 1.62 bits per heavy atom. The van der Waals surface area contributed by atoms with Gasteiger partial charge in [0.2, 0.25) is 11.6 Å². The van der Waals surface area contributed by atoms with Crippen LogP contribution in [0.25, 0.3) is 33.9 Å². The normalized spacial score (nSPS) is 11.0. The third kappa shape index (κ3) is 4.29. The van der Waals surface area contributed by atoms with E-state index in [2.05, 4.69) is 27.3 Å². The molecular weight excluding hydrogens is 452 g/mol. The largest absolute Gasteiger partial charge is 0.493 e. The highest BCUT2D eigenvalue weighted by molar-refractivity contribution is 7.98. The maximum Gasteiger partial charge on any atom is 0.277 e. The standard InChI is InChI=1S/C25H22N4O4S/c1-30-20-12-17(13-21(31-2)22(20)32-3)23-26-18-10-9-16(11-19(18)27-23)24-28-29-25(33-24)34-14-15-7-5-4-6-8-15/h4-13H,14H2,1-3H3,(H,26,27). The van der Waals surface area contributed by atoms with Gasteiger partial charge >= 0.3 is 0 Å². The lowest BCUT2D eigenvalue weighted by Gasteiger charge is -2.13. The van der Waals surface area contributed by atoms with Crippen LogP contribution in [0.1, 0.15) is 5.56 Å². The minimum Gasteiger partial charge on any atom is -0.493 e. The van der Waals surface area contributed by atoms with E-state index >= 15 is 0 Å². The lowest BCUT2D eigenvalue weighted by molar-refractivity contribution is 0.324. The van der Waals surface area contributed by atoms with Crippen molar-refractivity contribution in [2.75, 3.05) is 21.3 Å². The van der Waals surface area contributed by atoms with Crippen LogP contribution in [0.5, 0.6) is 17.2 Å². The summed E-state index contributed by atoms with van der Waals surface area (Å²) in [6.45, 7) is 0. The van der Waals surface area contributed by atoms with Crippen LogP contribution in [0.15, 0.2) is 70.3 Å². The van der Waals surface area contributed by atoms with Crippen molar-refractivity contribution in [2.45, 2.75) is 11.0 Å². The fraction of sp³-hybridized carbons (Fsp3) is 0.160. The number of benzene rings is 3. The number of aromatic amines is 1. The zero-order valence-corrected chi connectivity index (χ0v) is 19.7. The van der Waals surface area contributed by atoms with Gasteiger partial charge in [0.15, 0.2) is 11.5 Å². The van der Waals surface area contributed by atoms with Crippen molar-refractivity contribution in [1.82, 2.24) is 20.2 Å². The third-order valence-electron chi connectivity index (χ3n) is 5.28. The molecule has 0 amide bonds. The maximum absolute atomic E-state index is 5.88. The minimum absolute atomic E-state index is 0.460. The Morgan fingerprint density at radius 3 is 2.32 bits per heavy atom. The van der Waals surface area contributed by atoms with Gasteiger partial charge in [0.05, 0.1) is 32.4 Å². The molecule has 1 N–H and O–H groups in total. The molecule has 0 fully saturated rings. The summed E-state index contributed by atoms with van der Waals surface area (Å²) >= 11 is 1.51. The van der Waals surface area contributed by atoms with Crippen LogP contribution in [-0.2, 0) is 5.75 Å². The second-order valence-electron chi connectivity index (χ2n) is 7.38. The summed E-state index contributed by atoms with van der Waals surface area (Å²) in [5, 5.41) is 8.92. The molecule has 34 heavy (non-hydrogen) atoms. The van der Waals surface area contributed by atoms with Crippen LogP contribution < -0.4 is 14.2 Å². The minimum atomic E-state index is 0.460. The smallest absolute Gasteiger partial charge is 0.277 e. The van der Waals surface area contributed by atoms with Crippen LogP contribution >= 0.6 is 11.8 Å². The molecule has 172 valence electrons. The lowest BCUT2D eigenvalue weighted by atomic mass is 10.1. The first-order valence-corrected chi connectivity index (χ1v) is 11.5. The van der Waals surface area contributed by atoms with E-state index in [0.29, 0.717) is 34.2 Å². The molecule has 0 atom stereocenters. The number of ether oxygens (including phenoxy) is 3. The highest BCUT2D eigenvalue weighted by atomic mass is 32.2. The Labute approximate surface area is 200 Å². The molecule has 0 saturated carbocycles. The first-order valence-electron chi connectivity index (χ1n) is 10.5. The fourth-order valence-corrected chi connectivity index (χ4v) is 4.32. The molecular formula is C25H22N4O4S. The molecule has 0 spiro atoms. The van der Waals surface area contributed by atoms with Crippen molar-refractivity contribution in [1.29, 1.82) is 0 Å². The van der Waals surface area contributed by atoms with Gasteiger partial charge in [0.25, 0.3) is 5.22 Å². The number of methoxy groups -OCH3 is 3. The van der Waals surface area contributed by atoms with E-state index in [1.165, 1.54) is 17.3 Å². The van der Waals surface area contributed by atoms with E-state index in [1.54, 1.807) is 21.3 Å².